The number of rotatable bonds is 7. The van der Waals surface area contributed by atoms with Crippen LogP contribution in [0.2, 0.25) is 0 Å². The van der Waals surface area contributed by atoms with E-state index in [4.69, 9.17) is 15.2 Å². The summed E-state index contributed by atoms with van der Waals surface area (Å²) in [6.07, 6.45) is 1.51. The van der Waals surface area contributed by atoms with Crippen molar-refractivity contribution in [1.82, 2.24) is 10.6 Å². The van der Waals surface area contributed by atoms with Gasteiger partial charge in [-0.2, -0.15) is 0 Å². The molecule has 0 spiro atoms. The first kappa shape index (κ1) is 25.6. The van der Waals surface area contributed by atoms with E-state index >= 15 is 0 Å². The number of amides is 3. The molecule has 2 rings (SSSR count). The van der Waals surface area contributed by atoms with Crippen LogP contribution >= 0.6 is 0 Å². The number of ether oxygens (including phenoxy) is 2. The van der Waals surface area contributed by atoms with Crippen molar-refractivity contribution in [2.45, 2.75) is 64.1 Å². The summed E-state index contributed by atoms with van der Waals surface area (Å²) in [4.78, 5) is 35.3. The predicted molar refractivity (Wildman–Crippen MR) is 115 cm³/mol. The Hall–Kier alpha value is -2.45. The zero-order valence-electron chi connectivity index (χ0n) is 18.6. The normalized spacial score (nSPS) is 16.4. The summed E-state index contributed by atoms with van der Waals surface area (Å²) in [5.74, 6) is -1.02. The topological polar surface area (TPSA) is 120 Å². The van der Waals surface area contributed by atoms with E-state index in [0.29, 0.717) is 38.9 Å². The molecule has 1 aliphatic heterocycles. The fourth-order valence-corrected chi connectivity index (χ4v) is 2.75. The molecule has 30 heavy (non-hydrogen) atoms. The van der Waals surface area contributed by atoms with Gasteiger partial charge in [-0.1, -0.05) is 29.8 Å². The second kappa shape index (κ2) is 11.7. The Labute approximate surface area is 178 Å². The van der Waals surface area contributed by atoms with E-state index in [1.165, 1.54) is 0 Å². The van der Waals surface area contributed by atoms with Gasteiger partial charge < -0.3 is 25.8 Å². The Balaban J connectivity index is 0.000000656. The molecule has 1 aromatic rings. The third-order valence-corrected chi connectivity index (χ3v) is 4.94. The Morgan fingerprint density at radius 1 is 1.23 bits per heavy atom. The van der Waals surface area contributed by atoms with E-state index in [9.17, 15) is 14.4 Å². The zero-order chi connectivity index (χ0) is 22.8. The van der Waals surface area contributed by atoms with Crippen LogP contribution < -0.4 is 16.4 Å². The number of carbonyl (C=O) groups is 3. The van der Waals surface area contributed by atoms with E-state index < -0.39 is 23.4 Å². The fraction of sp³-hybridized carbons (Fsp3) is 0.591. The summed E-state index contributed by atoms with van der Waals surface area (Å²) in [5, 5.41) is 5.27. The number of methoxy groups -OCH3 is 1. The van der Waals surface area contributed by atoms with Gasteiger partial charge >= 0.3 is 0 Å². The fourth-order valence-electron chi connectivity index (χ4n) is 2.75. The third-order valence-electron chi connectivity index (χ3n) is 4.94. The Morgan fingerprint density at radius 3 is 2.20 bits per heavy atom. The maximum absolute atomic E-state index is 12.7. The molecular weight excluding hydrogens is 386 g/mol. The second-order valence-electron chi connectivity index (χ2n) is 8.39. The molecule has 4 N–H and O–H groups in total. The molecule has 0 bridgehead atoms. The molecular formula is C22H35N3O5. The molecule has 0 saturated carbocycles. The minimum Gasteiger partial charge on any atom is -0.381 e. The standard InChI is InChI=1S/C17H23N3O4.C5H12O/c1-12-2-4-13(5-3-12)10-14(15(18)22)20-16(23)17(19-11-21)6-8-24-9-7-17;1-5(2,3)6-4/h2-5,11,14H,6-10H2,1H3,(H2,18,22)(H,19,21)(H,20,23);1-4H3/t14-;/m0./s1. The van der Waals surface area contributed by atoms with Crippen LogP contribution in [0.15, 0.2) is 24.3 Å². The number of nitrogens with one attached hydrogen (secondary N) is 2. The van der Waals surface area contributed by atoms with E-state index in [1.54, 1.807) is 7.11 Å². The Kier molecular flexibility index (Phi) is 9.95. The molecule has 0 aliphatic carbocycles. The van der Waals surface area contributed by atoms with Gasteiger partial charge in [0.05, 0.1) is 5.60 Å². The lowest BCUT2D eigenvalue weighted by Crippen LogP contribution is -2.62. The van der Waals surface area contributed by atoms with Gasteiger partial charge in [-0.25, -0.2) is 0 Å². The van der Waals surface area contributed by atoms with Crippen LogP contribution in [0.1, 0.15) is 44.7 Å². The highest BCUT2D eigenvalue weighted by Crippen LogP contribution is 2.21. The number of nitrogens with two attached hydrogens (primary N) is 1. The average molecular weight is 422 g/mol. The molecule has 1 aliphatic rings. The van der Waals surface area contributed by atoms with Crippen LogP contribution in [0.25, 0.3) is 0 Å². The summed E-state index contributed by atoms with van der Waals surface area (Å²) in [6, 6.07) is 6.82. The molecule has 1 aromatic carbocycles. The lowest BCUT2D eigenvalue weighted by molar-refractivity contribution is -0.137. The van der Waals surface area contributed by atoms with Crippen LogP contribution in [0, 0.1) is 6.92 Å². The van der Waals surface area contributed by atoms with Crippen molar-refractivity contribution in [3.63, 3.8) is 0 Å². The summed E-state index contributed by atoms with van der Waals surface area (Å²) in [7, 11) is 1.71. The summed E-state index contributed by atoms with van der Waals surface area (Å²) < 4.78 is 10.2. The number of hydrogen-bond donors (Lipinski definition) is 3. The third kappa shape index (κ3) is 8.51. The molecule has 0 radical (unpaired) electrons. The van der Waals surface area contributed by atoms with Gasteiger partial charge in [0.1, 0.15) is 11.6 Å². The maximum Gasteiger partial charge on any atom is 0.246 e. The van der Waals surface area contributed by atoms with Crippen LogP contribution in [0.5, 0.6) is 0 Å². The van der Waals surface area contributed by atoms with Gasteiger partial charge in [-0.3, -0.25) is 14.4 Å². The van der Waals surface area contributed by atoms with Crippen molar-refractivity contribution in [3.8, 4) is 0 Å². The maximum atomic E-state index is 12.7. The van der Waals surface area contributed by atoms with Crippen molar-refractivity contribution >= 4 is 18.2 Å². The number of aryl methyl sites for hydroxylation is 1. The molecule has 8 heteroatoms. The minimum atomic E-state index is -1.05. The van der Waals surface area contributed by atoms with Gasteiger partial charge in [0.25, 0.3) is 0 Å². The second-order valence-corrected chi connectivity index (χ2v) is 8.39. The SMILES string of the molecule is COC(C)(C)C.Cc1ccc(C[C@H](NC(=O)C2(NC=O)CCOCC2)C(N)=O)cc1. The van der Waals surface area contributed by atoms with Crippen molar-refractivity contribution in [3.05, 3.63) is 35.4 Å². The first-order chi connectivity index (χ1) is 14.0. The molecule has 1 atom stereocenters. The predicted octanol–water partition coefficient (Wildman–Crippen LogP) is 1.23. The van der Waals surface area contributed by atoms with Crippen molar-refractivity contribution in [2.75, 3.05) is 20.3 Å². The zero-order valence-corrected chi connectivity index (χ0v) is 18.6. The molecule has 1 saturated heterocycles. The molecule has 0 aromatic heterocycles. The van der Waals surface area contributed by atoms with Crippen LogP contribution in [0.4, 0.5) is 0 Å². The quantitative estimate of drug-likeness (QED) is 0.572. The van der Waals surface area contributed by atoms with Crippen molar-refractivity contribution in [1.29, 1.82) is 0 Å². The molecule has 168 valence electrons. The van der Waals surface area contributed by atoms with Crippen LogP contribution in [-0.2, 0) is 30.3 Å². The van der Waals surface area contributed by atoms with Crippen LogP contribution in [-0.4, -0.2) is 55.7 Å². The summed E-state index contributed by atoms with van der Waals surface area (Å²) in [6.45, 7) is 8.77. The highest BCUT2D eigenvalue weighted by Gasteiger charge is 2.41. The smallest absolute Gasteiger partial charge is 0.246 e. The average Bonchev–Trinajstić information content (AvgIpc) is 2.69. The van der Waals surface area contributed by atoms with Gasteiger partial charge in [0, 0.05) is 39.6 Å². The monoisotopic (exact) mass is 421 g/mol. The largest absolute Gasteiger partial charge is 0.381 e. The van der Waals surface area contributed by atoms with Gasteiger partial charge in [0.2, 0.25) is 18.2 Å². The Morgan fingerprint density at radius 2 is 1.77 bits per heavy atom. The first-order valence-electron chi connectivity index (χ1n) is 10.0. The summed E-state index contributed by atoms with van der Waals surface area (Å²) in [5.41, 5.74) is 6.43. The Bertz CT molecular complexity index is 692. The van der Waals surface area contributed by atoms with Crippen molar-refractivity contribution in [2.24, 2.45) is 5.73 Å². The summed E-state index contributed by atoms with van der Waals surface area (Å²) >= 11 is 0. The van der Waals surface area contributed by atoms with Crippen LogP contribution in [0.3, 0.4) is 0 Å². The number of hydrogen-bond acceptors (Lipinski definition) is 5. The highest BCUT2D eigenvalue weighted by atomic mass is 16.5. The molecule has 1 fully saturated rings. The highest BCUT2D eigenvalue weighted by molar-refractivity contribution is 5.93. The first-order valence-corrected chi connectivity index (χ1v) is 10.0. The van der Waals surface area contributed by atoms with Gasteiger partial charge in [-0.15, -0.1) is 0 Å². The lowest BCUT2D eigenvalue weighted by atomic mass is 9.88. The molecule has 3 amide bonds. The van der Waals surface area contributed by atoms with Crippen molar-refractivity contribution < 1.29 is 23.9 Å². The number of carbonyl (C=O) groups excluding carboxylic acids is 3. The molecule has 8 nitrogen and oxygen atoms in total. The number of primary amides is 1. The lowest BCUT2D eigenvalue weighted by Gasteiger charge is -2.36. The number of benzene rings is 1. The minimum absolute atomic E-state index is 0.0417. The van der Waals surface area contributed by atoms with E-state index in [1.807, 2.05) is 52.0 Å². The van der Waals surface area contributed by atoms with E-state index in [-0.39, 0.29) is 5.60 Å². The molecule has 0 unspecified atom stereocenters. The van der Waals surface area contributed by atoms with Gasteiger partial charge in [-0.05, 0) is 33.3 Å². The van der Waals surface area contributed by atoms with Gasteiger partial charge in [0.15, 0.2) is 0 Å². The van der Waals surface area contributed by atoms with E-state index in [0.717, 1.165) is 11.1 Å². The van der Waals surface area contributed by atoms with E-state index in [2.05, 4.69) is 10.6 Å². The molecule has 1 heterocycles.